The van der Waals surface area contributed by atoms with Crippen molar-refractivity contribution < 1.29 is 9.18 Å². The predicted octanol–water partition coefficient (Wildman–Crippen LogP) is 2.90. The maximum Gasteiger partial charge on any atom is 0.275 e. The van der Waals surface area contributed by atoms with Crippen LogP contribution in [0.1, 0.15) is 17.4 Å². The molecular formula is C13H11FN4OS. The van der Waals surface area contributed by atoms with E-state index in [0.717, 1.165) is 0 Å². The van der Waals surface area contributed by atoms with Gasteiger partial charge in [-0.15, -0.1) is 0 Å². The van der Waals surface area contributed by atoms with Crippen molar-refractivity contribution in [3.63, 3.8) is 0 Å². The summed E-state index contributed by atoms with van der Waals surface area (Å²) in [4.78, 5) is 16.2. The molecule has 0 unspecified atom stereocenters. The number of fused-ring (bicyclic) bond motifs is 1. The second kappa shape index (κ2) is 5.01. The number of nitrogens with zero attached hydrogens (tertiary/aromatic N) is 3. The van der Waals surface area contributed by atoms with Gasteiger partial charge in [-0.1, -0.05) is 17.4 Å². The fourth-order valence-corrected chi connectivity index (χ4v) is 2.78. The van der Waals surface area contributed by atoms with Gasteiger partial charge in [-0.3, -0.25) is 14.8 Å². The summed E-state index contributed by atoms with van der Waals surface area (Å²) in [6, 6.07) is 6.36. The lowest BCUT2D eigenvalue weighted by Crippen LogP contribution is -2.17. The van der Waals surface area contributed by atoms with Crippen molar-refractivity contribution in [2.75, 3.05) is 5.32 Å². The fourth-order valence-electron chi connectivity index (χ4n) is 1.91. The van der Waals surface area contributed by atoms with Crippen molar-refractivity contribution in [2.24, 2.45) is 0 Å². The van der Waals surface area contributed by atoms with Crippen molar-refractivity contribution >= 4 is 32.6 Å². The molecule has 0 aliphatic carbocycles. The summed E-state index contributed by atoms with van der Waals surface area (Å²) in [5, 5.41) is 7.08. The van der Waals surface area contributed by atoms with Crippen LogP contribution in [0, 0.1) is 5.82 Å². The second-order valence-electron chi connectivity index (χ2n) is 4.09. The third-order valence-electron chi connectivity index (χ3n) is 2.84. The summed E-state index contributed by atoms with van der Waals surface area (Å²) in [5.74, 6) is -0.693. The van der Waals surface area contributed by atoms with Gasteiger partial charge >= 0.3 is 0 Å². The van der Waals surface area contributed by atoms with Crippen LogP contribution in [0.15, 0.2) is 30.5 Å². The average molecular weight is 290 g/mol. The first-order valence-electron chi connectivity index (χ1n) is 6.07. The molecule has 1 aromatic carbocycles. The molecule has 0 saturated carbocycles. The third-order valence-corrected chi connectivity index (χ3v) is 3.77. The minimum atomic E-state index is -0.391. The van der Waals surface area contributed by atoms with Crippen LogP contribution in [0.25, 0.3) is 10.2 Å². The monoisotopic (exact) mass is 290 g/mol. The van der Waals surface area contributed by atoms with Crippen LogP contribution >= 0.6 is 11.3 Å². The normalized spacial score (nSPS) is 10.9. The number of benzene rings is 1. The van der Waals surface area contributed by atoms with Gasteiger partial charge in [0.05, 0.1) is 4.70 Å². The Morgan fingerprint density at radius 1 is 1.45 bits per heavy atom. The number of rotatable bonds is 3. The van der Waals surface area contributed by atoms with Gasteiger partial charge in [0.2, 0.25) is 0 Å². The topological polar surface area (TPSA) is 59.8 Å². The molecule has 1 N–H and O–H groups in total. The van der Waals surface area contributed by atoms with E-state index >= 15 is 0 Å². The van der Waals surface area contributed by atoms with Crippen molar-refractivity contribution in [1.29, 1.82) is 0 Å². The largest absolute Gasteiger partial charge is 0.296 e. The number of halogens is 1. The summed E-state index contributed by atoms with van der Waals surface area (Å²) >= 11 is 1.24. The summed E-state index contributed by atoms with van der Waals surface area (Å²) in [6.45, 7) is 2.50. The molecule has 0 saturated heterocycles. The molecule has 3 aromatic rings. The van der Waals surface area contributed by atoms with Gasteiger partial charge < -0.3 is 0 Å². The molecule has 0 spiro atoms. The lowest BCUT2D eigenvalue weighted by Gasteiger charge is -2.03. The number of carbonyl (C=O) groups excluding carboxylic acids is 1. The van der Waals surface area contributed by atoms with E-state index in [1.807, 2.05) is 6.92 Å². The van der Waals surface area contributed by atoms with Crippen molar-refractivity contribution in [3.8, 4) is 0 Å². The molecule has 7 heteroatoms. The third kappa shape index (κ3) is 2.16. The van der Waals surface area contributed by atoms with E-state index in [2.05, 4.69) is 15.4 Å². The van der Waals surface area contributed by atoms with Gasteiger partial charge in [0.15, 0.2) is 5.13 Å². The number of nitrogens with one attached hydrogen (secondary N) is 1. The SMILES string of the molecule is CCn1nccc1C(=O)Nc1nc2c(F)cccc2s1. The van der Waals surface area contributed by atoms with Gasteiger partial charge in [-0.2, -0.15) is 5.10 Å². The molecule has 2 heterocycles. The zero-order chi connectivity index (χ0) is 14.1. The van der Waals surface area contributed by atoms with E-state index in [1.165, 1.54) is 17.4 Å². The quantitative estimate of drug-likeness (QED) is 0.807. The van der Waals surface area contributed by atoms with Crippen molar-refractivity contribution in [1.82, 2.24) is 14.8 Å². The van der Waals surface area contributed by atoms with E-state index < -0.39 is 5.82 Å². The number of aryl methyl sites for hydroxylation is 1. The molecule has 5 nitrogen and oxygen atoms in total. The zero-order valence-electron chi connectivity index (χ0n) is 10.6. The molecule has 0 fully saturated rings. The first kappa shape index (κ1) is 12.7. The highest BCUT2D eigenvalue weighted by Gasteiger charge is 2.14. The number of aromatic nitrogens is 3. The standard InChI is InChI=1S/C13H11FN4OS/c1-2-18-9(6-7-15-18)12(19)17-13-16-11-8(14)4-3-5-10(11)20-13/h3-7H,2H2,1H3,(H,16,17,19). The number of amides is 1. The van der Waals surface area contributed by atoms with Gasteiger partial charge in [0.1, 0.15) is 17.0 Å². The Labute approximate surface area is 118 Å². The van der Waals surface area contributed by atoms with Crippen LogP contribution in [0.4, 0.5) is 9.52 Å². The van der Waals surface area contributed by atoms with Gasteiger partial charge in [-0.05, 0) is 25.1 Å². The molecule has 0 aliphatic rings. The first-order chi connectivity index (χ1) is 9.69. The molecule has 2 aromatic heterocycles. The van der Waals surface area contributed by atoms with Gasteiger partial charge in [0.25, 0.3) is 5.91 Å². The maximum atomic E-state index is 13.5. The molecule has 1 amide bonds. The molecular weight excluding hydrogens is 279 g/mol. The van der Waals surface area contributed by atoms with Crippen LogP contribution in [-0.4, -0.2) is 20.7 Å². The minimum Gasteiger partial charge on any atom is -0.296 e. The molecule has 0 atom stereocenters. The second-order valence-corrected chi connectivity index (χ2v) is 5.12. The van der Waals surface area contributed by atoms with E-state index in [4.69, 9.17) is 0 Å². The summed E-state index contributed by atoms with van der Waals surface area (Å²) < 4.78 is 15.8. The highest BCUT2D eigenvalue weighted by Crippen LogP contribution is 2.27. The van der Waals surface area contributed by atoms with Crippen molar-refractivity contribution in [3.05, 3.63) is 42.0 Å². The molecule has 0 radical (unpaired) electrons. The summed E-state index contributed by atoms with van der Waals surface area (Å²) in [5.41, 5.74) is 0.726. The Morgan fingerprint density at radius 2 is 2.30 bits per heavy atom. The first-order valence-corrected chi connectivity index (χ1v) is 6.89. The molecule has 0 aliphatic heterocycles. The molecule has 102 valence electrons. The Balaban J connectivity index is 1.90. The van der Waals surface area contributed by atoms with Crippen LogP contribution in [0.5, 0.6) is 0 Å². The highest BCUT2D eigenvalue weighted by molar-refractivity contribution is 7.22. The Kier molecular flexibility index (Phi) is 3.19. The lowest BCUT2D eigenvalue weighted by molar-refractivity contribution is 0.101. The average Bonchev–Trinajstić information content (AvgIpc) is 3.04. The molecule has 0 bridgehead atoms. The van der Waals surface area contributed by atoms with Crippen LogP contribution in [0.3, 0.4) is 0 Å². The van der Waals surface area contributed by atoms with Crippen molar-refractivity contribution in [2.45, 2.75) is 13.5 Å². The van der Waals surface area contributed by atoms with E-state index in [9.17, 15) is 9.18 Å². The zero-order valence-corrected chi connectivity index (χ0v) is 11.4. The lowest BCUT2D eigenvalue weighted by atomic mass is 10.3. The Bertz CT molecular complexity index is 780. The maximum absolute atomic E-state index is 13.5. The van der Waals surface area contributed by atoms with Gasteiger partial charge in [-0.25, -0.2) is 9.37 Å². The Morgan fingerprint density at radius 3 is 3.05 bits per heavy atom. The van der Waals surface area contributed by atoms with Crippen LogP contribution < -0.4 is 5.32 Å². The smallest absolute Gasteiger partial charge is 0.275 e. The summed E-state index contributed by atoms with van der Waals surface area (Å²) in [6.07, 6.45) is 1.57. The fraction of sp³-hybridized carbons (Fsp3) is 0.154. The number of hydrogen-bond acceptors (Lipinski definition) is 4. The Hall–Kier alpha value is -2.28. The molecule has 20 heavy (non-hydrogen) atoms. The highest BCUT2D eigenvalue weighted by atomic mass is 32.1. The predicted molar refractivity (Wildman–Crippen MR) is 75.4 cm³/mol. The minimum absolute atomic E-state index is 0.275. The summed E-state index contributed by atoms with van der Waals surface area (Å²) in [7, 11) is 0. The van der Waals surface area contributed by atoms with Crippen LogP contribution in [0.2, 0.25) is 0 Å². The van der Waals surface area contributed by atoms with E-state index in [1.54, 1.807) is 29.1 Å². The van der Waals surface area contributed by atoms with E-state index in [0.29, 0.717) is 22.1 Å². The number of anilines is 1. The molecule has 3 rings (SSSR count). The van der Waals surface area contributed by atoms with E-state index in [-0.39, 0.29) is 11.4 Å². The number of para-hydroxylation sites is 1. The number of thiazole rings is 1. The van der Waals surface area contributed by atoms with Crippen LogP contribution in [-0.2, 0) is 6.54 Å². The number of hydrogen-bond donors (Lipinski definition) is 1. The number of carbonyl (C=O) groups is 1. The van der Waals surface area contributed by atoms with Gasteiger partial charge in [0, 0.05) is 12.7 Å².